The van der Waals surface area contributed by atoms with Gasteiger partial charge in [-0.05, 0) is 35.9 Å². The molecule has 1 unspecified atom stereocenters. The van der Waals surface area contributed by atoms with E-state index in [9.17, 15) is 14.0 Å². The minimum Gasteiger partial charge on any atom is -0.378 e. The van der Waals surface area contributed by atoms with E-state index in [4.69, 9.17) is 11.6 Å². The molecule has 0 fully saturated rings. The van der Waals surface area contributed by atoms with Crippen LogP contribution in [0.4, 0.5) is 31.5 Å². The Morgan fingerprint density at radius 2 is 1.83 bits per heavy atom. The third-order valence-corrected chi connectivity index (χ3v) is 7.17. The van der Waals surface area contributed by atoms with Crippen LogP contribution in [0.2, 0.25) is 5.02 Å². The molecule has 0 saturated carbocycles. The van der Waals surface area contributed by atoms with Gasteiger partial charge >= 0.3 is 0 Å². The van der Waals surface area contributed by atoms with Gasteiger partial charge in [0.1, 0.15) is 13.9 Å². The van der Waals surface area contributed by atoms with Crippen molar-refractivity contribution in [3.05, 3.63) is 125 Å². The number of para-hydroxylation sites is 1. The Balaban J connectivity index is 1.45. The number of rotatable bonds is 7. The summed E-state index contributed by atoms with van der Waals surface area (Å²) in [7, 11) is 1.99. The zero-order chi connectivity index (χ0) is 29.3. The van der Waals surface area contributed by atoms with Crippen LogP contribution in [0.5, 0.6) is 0 Å². The van der Waals surface area contributed by atoms with Crippen LogP contribution in [-0.2, 0) is 5.44 Å². The van der Waals surface area contributed by atoms with Gasteiger partial charge in [0.15, 0.2) is 5.82 Å². The van der Waals surface area contributed by atoms with Crippen molar-refractivity contribution in [1.82, 2.24) is 25.9 Å². The summed E-state index contributed by atoms with van der Waals surface area (Å²) in [6, 6.07) is 20.2. The number of halogens is 3. The molecule has 0 radical (unpaired) electrons. The standard InChI is InChI=1S/C29H21BClF2N9/c30-29(18-5-4-8-35-14-18,25-16-42(41-40-25)21-6-2-1-3-7-21)39-19-9-22-26(38-20-11-24(32)28(33)37-15-20)17(12-34)13-36-27(22)23(31)10-19/h1-11,13-16,39-41H,30H2,(H,36,38). The summed E-state index contributed by atoms with van der Waals surface area (Å²) in [6.45, 7) is 0. The maximum Gasteiger partial charge on any atom is 0.249 e. The predicted octanol–water partition coefficient (Wildman–Crippen LogP) is 4.84. The summed E-state index contributed by atoms with van der Waals surface area (Å²) in [6.07, 6.45) is 7.91. The molecule has 3 aromatic heterocycles. The van der Waals surface area contributed by atoms with Gasteiger partial charge in [-0.25, -0.2) is 9.37 Å². The highest BCUT2D eigenvalue weighted by molar-refractivity contribution is 6.36. The number of pyridine rings is 3. The molecular weight excluding hydrogens is 559 g/mol. The number of hydrogen-bond acceptors (Lipinski definition) is 9. The number of aromatic nitrogens is 3. The molecule has 4 heterocycles. The van der Waals surface area contributed by atoms with Gasteiger partial charge in [-0.15, -0.1) is 5.53 Å². The largest absolute Gasteiger partial charge is 0.378 e. The van der Waals surface area contributed by atoms with Gasteiger partial charge in [0.2, 0.25) is 5.95 Å². The summed E-state index contributed by atoms with van der Waals surface area (Å²) >= 11 is 6.72. The van der Waals surface area contributed by atoms with Crippen LogP contribution in [0.3, 0.4) is 0 Å². The highest BCUT2D eigenvalue weighted by atomic mass is 35.5. The van der Waals surface area contributed by atoms with E-state index in [0.717, 1.165) is 29.2 Å². The number of nitrogens with zero attached hydrogens (tertiary/aromatic N) is 5. The van der Waals surface area contributed by atoms with Crippen molar-refractivity contribution in [2.45, 2.75) is 5.44 Å². The molecule has 13 heteroatoms. The first-order chi connectivity index (χ1) is 20.4. The Hall–Kier alpha value is -5.25. The normalized spacial score (nSPS) is 14.0. The SMILES string of the molecule is BC(Nc1cc(Cl)c2ncc(C#N)c(Nc3cnc(F)c(F)c3)c2c1)(C1=CN(c2ccccc2)NN1)c1cccnc1. The lowest BCUT2D eigenvalue weighted by Gasteiger charge is -2.33. The van der Waals surface area contributed by atoms with E-state index in [1.807, 2.05) is 61.5 Å². The van der Waals surface area contributed by atoms with Crippen molar-refractivity contribution < 1.29 is 8.78 Å². The van der Waals surface area contributed by atoms with Gasteiger partial charge in [-0.2, -0.15) is 9.65 Å². The number of nitriles is 1. The van der Waals surface area contributed by atoms with Crippen LogP contribution >= 0.6 is 11.6 Å². The average Bonchev–Trinajstić information content (AvgIpc) is 3.52. The highest BCUT2D eigenvalue weighted by Crippen LogP contribution is 2.38. The zero-order valence-corrected chi connectivity index (χ0v) is 22.8. The fraction of sp³-hybridized carbons (Fsp3) is 0.0345. The fourth-order valence-corrected chi connectivity index (χ4v) is 4.99. The van der Waals surface area contributed by atoms with Crippen LogP contribution in [-0.4, -0.2) is 22.8 Å². The highest BCUT2D eigenvalue weighted by Gasteiger charge is 2.35. The lowest BCUT2D eigenvalue weighted by atomic mass is 9.70. The van der Waals surface area contributed by atoms with Gasteiger partial charge in [-0.3, -0.25) is 15.0 Å². The monoisotopic (exact) mass is 579 g/mol. The molecule has 0 aliphatic carbocycles. The number of fused-ring (bicyclic) bond motifs is 1. The van der Waals surface area contributed by atoms with Gasteiger partial charge < -0.3 is 16.1 Å². The maximum absolute atomic E-state index is 13.9. The Bertz CT molecular complexity index is 1870. The molecule has 0 bridgehead atoms. The predicted molar refractivity (Wildman–Crippen MR) is 160 cm³/mol. The second-order valence-corrected chi connectivity index (χ2v) is 10.0. The van der Waals surface area contributed by atoms with E-state index in [2.05, 4.69) is 42.6 Å². The number of hydrazine groups is 2. The van der Waals surface area contributed by atoms with E-state index in [-0.39, 0.29) is 11.3 Å². The van der Waals surface area contributed by atoms with Gasteiger partial charge in [0.25, 0.3) is 0 Å². The van der Waals surface area contributed by atoms with Crippen molar-refractivity contribution in [1.29, 1.82) is 5.26 Å². The first-order valence-electron chi connectivity index (χ1n) is 12.7. The Morgan fingerprint density at radius 1 is 1.00 bits per heavy atom. The number of hydrogen-bond donors (Lipinski definition) is 4. The molecule has 0 amide bonds. The molecule has 0 saturated heterocycles. The average molecular weight is 580 g/mol. The third kappa shape index (κ3) is 5.03. The van der Waals surface area contributed by atoms with E-state index >= 15 is 0 Å². The lowest BCUT2D eigenvalue weighted by Crippen LogP contribution is -2.45. The molecule has 5 aromatic rings. The Morgan fingerprint density at radius 3 is 2.57 bits per heavy atom. The summed E-state index contributed by atoms with van der Waals surface area (Å²) in [5.74, 6) is -2.35. The van der Waals surface area contributed by atoms with Crippen molar-refractivity contribution in [2.24, 2.45) is 0 Å². The molecule has 6 rings (SSSR count). The molecule has 42 heavy (non-hydrogen) atoms. The molecule has 2 aromatic carbocycles. The molecule has 206 valence electrons. The molecule has 1 atom stereocenters. The van der Waals surface area contributed by atoms with Crippen LogP contribution in [0, 0.1) is 23.1 Å². The maximum atomic E-state index is 13.9. The molecule has 9 nitrogen and oxygen atoms in total. The van der Waals surface area contributed by atoms with E-state index in [1.165, 1.54) is 6.20 Å². The molecule has 1 aliphatic heterocycles. The van der Waals surface area contributed by atoms with Crippen LogP contribution in [0.15, 0.2) is 97.3 Å². The number of anilines is 4. The second kappa shape index (κ2) is 11.0. The van der Waals surface area contributed by atoms with E-state index in [1.54, 1.807) is 24.5 Å². The second-order valence-electron chi connectivity index (χ2n) is 9.61. The summed E-state index contributed by atoms with van der Waals surface area (Å²) in [5.41, 5.74) is 9.82. The quantitative estimate of drug-likeness (QED) is 0.159. The Labute approximate surface area is 245 Å². The summed E-state index contributed by atoms with van der Waals surface area (Å²) in [4.78, 5) is 12.1. The summed E-state index contributed by atoms with van der Waals surface area (Å²) in [5, 5.41) is 19.1. The van der Waals surface area contributed by atoms with Gasteiger partial charge in [-0.1, -0.05) is 35.9 Å². The Kier molecular flexibility index (Phi) is 7.04. The first-order valence-corrected chi connectivity index (χ1v) is 13.1. The van der Waals surface area contributed by atoms with E-state index in [0.29, 0.717) is 27.3 Å². The van der Waals surface area contributed by atoms with Crippen molar-refractivity contribution >= 4 is 53.1 Å². The molecule has 1 aliphatic rings. The number of benzene rings is 2. The minimum absolute atomic E-state index is 0.153. The lowest BCUT2D eigenvalue weighted by molar-refractivity contribution is 0.480. The topological polar surface area (TPSA) is 114 Å². The zero-order valence-electron chi connectivity index (χ0n) is 22.0. The molecule has 0 spiro atoms. The van der Waals surface area contributed by atoms with Crippen molar-refractivity contribution in [3.8, 4) is 6.07 Å². The van der Waals surface area contributed by atoms with Gasteiger partial charge in [0.05, 0.1) is 50.5 Å². The number of nitrogens with one attached hydrogen (secondary N) is 4. The van der Waals surface area contributed by atoms with E-state index < -0.39 is 17.2 Å². The smallest absolute Gasteiger partial charge is 0.249 e. The molecular formula is C29H21BClF2N9. The third-order valence-electron chi connectivity index (χ3n) is 6.89. The van der Waals surface area contributed by atoms with Crippen molar-refractivity contribution in [3.63, 3.8) is 0 Å². The minimum atomic E-state index is -1.22. The van der Waals surface area contributed by atoms with Crippen molar-refractivity contribution in [2.75, 3.05) is 15.6 Å². The van der Waals surface area contributed by atoms with Gasteiger partial charge in [0, 0.05) is 41.9 Å². The summed E-state index contributed by atoms with van der Waals surface area (Å²) < 4.78 is 27.4. The fourth-order valence-electron chi connectivity index (χ4n) is 4.72. The first kappa shape index (κ1) is 27.0. The molecule has 4 N–H and O–H groups in total. The van der Waals surface area contributed by atoms with Crippen LogP contribution in [0.25, 0.3) is 10.9 Å². The van der Waals surface area contributed by atoms with Crippen LogP contribution < -0.4 is 26.6 Å². The van der Waals surface area contributed by atoms with Crippen LogP contribution in [0.1, 0.15) is 11.1 Å².